The largest absolute Gasteiger partial charge is 0.454 e. The second-order valence-corrected chi connectivity index (χ2v) is 7.07. The Morgan fingerprint density at radius 1 is 1.10 bits per heavy atom. The van der Waals surface area contributed by atoms with Crippen molar-refractivity contribution in [1.29, 1.82) is 0 Å². The predicted molar refractivity (Wildman–Crippen MR) is 108 cm³/mol. The van der Waals surface area contributed by atoms with E-state index in [4.69, 9.17) is 16.3 Å². The zero-order valence-electron chi connectivity index (χ0n) is 16.0. The van der Waals surface area contributed by atoms with Crippen LogP contribution in [-0.4, -0.2) is 38.7 Å². The van der Waals surface area contributed by atoms with Crippen LogP contribution in [0, 0.1) is 0 Å². The van der Waals surface area contributed by atoms with Gasteiger partial charge in [-0.15, -0.1) is 10.2 Å². The first-order valence-electron chi connectivity index (χ1n) is 9.00. The van der Waals surface area contributed by atoms with Gasteiger partial charge in [-0.3, -0.25) is 4.79 Å². The van der Waals surface area contributed by atoms with E-state index in [2.05, 4.69) is 34.6 Å². The van der Waals surface area contributed by atoms with Crippen molar-refractivity contribution in [2.75, 3.05) is 11.9 Å². The topological polar surface area (TPSA) is 99.0 Å². The van der Waals surface area contributed by atoms with Gasteiger partial charge in [-0.1, -0.05) is 37.6 Å². The van der Waals surface area contributed by atoms with Crippen LogP contribution >= 0.6 is 11.6 Å². The molecule has 8 nitrogen and oxygen atoms in total. The summed E-state index contributed by atoms with van der Waals surface area (Å²) in [6.45, 7) is 3.53. The second-order valence-electron chi connectivity index (χ2n) is 6.64. The summed E-state index contributed by atoms with van der Waals surface area (Å²) in [7, 11) is 0. The number of tetrazole rings is 1. The summed E-state index contributed by atoms with van der Waals surface area (Å²) < 4.78 is 4.98. The van der Waals surface area contributed by atoms with Crippen LogP contribution in [0.2, 0.25) is 5.02 Å². The van der Waals surface area contributed by atoms with Gasteiger partial charge >= 0.3 is 5.97 Å². The number of rotatable bonds is 7. The monoisotopic (exact) mass is 413 g/mol. The Labute approximate surface area is 172 Å². The molecule has 150 valence electrons. The Bertz CT molecular complexity index is 984. The molecule has 9 heteroatoms. The third-order valence-corrected chi connectivity index (χ3v) is 4.30. The number of hydrogen-bond acceptors (Lipinski definition) is 6. The molecule has 3 aromatic rings. The highest BCUT2D eigenvalue weighted by molar-refractivity contribution is 6.30. The lowest BCUT2D eigenvalue weighted by atomic mass is 10.0. The Hall–Kier alpha value is -3.26. The van der Waals surface area contributed by atoms with Crippen molar-refractivity contribution in [3.05, 3.63) is 59.1 Å². The lowest BCUT2D eigenvalue weighted by Crippen LogP contribution is -2.23. The first-order valence-corrected chi connectivity index (χ1v) is 9.37. The molecule has 0 fully saturated rings. The minimum Gasteiger partial charge on any atom is -0.454 e. The zero-order valence-corrected chi connectivity index (χ0v) is 16.8. The fraction of sp³-hybridized carbons (Fsp3) is 0.250. The number of nitrogens with one attached hydrogen (secondary N) is 1. The average Bonchev–Trinajstić information content (AvgIpc) is 3.16. The number of anilines is 1. The number of carbonyl (C=O) groups is 2. The van der Waals surface area contributed by atoms with E-state index in [1.54, 1.807) is 24.3 Å². The number of carbonyl (C=O) groups excluding carboxylic acids is 2. The molecule has 0 radical (unpaired) electrons. The molecule has 0 unspecified atom stereocenters. The number of amides is 1. The molecule has 0 atom stereocenters. The highest BCUT2D eigenvalue weighted by Gasteiger charge is 2.12. The van der Waals surface area contributed by atoms with Crippen molar-refractivity contribution in [1.82, 2.24) is 20.2 Å². The van der Waals surface area contributed by atoms with E-state index in [-0.39, 0.29) is 6.54 Å². The number of aromatic nitrogens is 4. The Balaban J connectivity index is 1.47. The Morgan fingerprint density at radius 3 is 2.45 bits per heavy atom. The highest BCUT2D eigenvalue weighted by atomic mass is 35.5. The van der Waals surface area contributed by atoms with Crippen LogP contribution in [-0.2, 0) is 20.9 Å². The minimum absolute atomic E-state index is 0.253. The van der Waals surface area contributed by atoms with Crippen LogP contribution in [0.5, 0.6) is 0 Å². The number of nitrogens with zero attached hydrogens (tertiary/aromatic N) is 4. The van der Waals surface area contributed by atoms with Crippen molar-refractivity contribution >= 4 is 29.2 Å². The molecule has 1 heterocycles. The first kappa shape index (κ1) is 20.5. The molecule has 2 aromatic carbocycles. The van der Waals surface area contributed by atoms with Crippen LogP contribution in [0.1, 0.15) is 25.3 Å². The molecule has 3 rings (SSSR count). The highest BCUT2D eigenvalue weighted by Crippen LogP contribution is 2.18. The number of esters is 1. The van der Waals surface area contributed by atoms with Crippen molar-refractivity contribution in [3.63, 3.8) is 0 Å². The van der Waals surface area contributed by atoms with E-state index in [0.717, 1.165) is 10.4 Å². The van der Waals surface area contributed by atoms with Gasteiger partial charge in [0.15, 0.2) is 13.2 Å². The van der Waals surface area contributed by atoms with Crippen LogP contribution < -0.4 is 5.32 Å². The summed E-state index contributed by atoms with van der Waals surface area (Å²) in [6, 6.07) is 14.4. The fourth-order valence-electron chi connectivity index (χ4n) is 2.48. The van der Waals surface area contributed by atoms with Crippen LogP contribution in [0.15, 0.2) is 48.5 Å². The molecule has 0 aliphatic carbocycles. The van der Waals surface area contributed by atoms with Crippen molar-refractivity contribution in [2.45, 2.75) is 26.3 Å². The lowest BCUT2D eigenvalue weighted by Gasteiger charge is -2.08. The Kier molecular flexibility index (Phi) is 6.56. The van der Waals surface area contributed by atoms with E-state index in [1.165, 1.54) is 5.56 Å². The molecule has 0 aliphatic heterocycles. The van der Waals surface area contributed by atoms with E-state index in [0.29, 0.717) is 22.5 Å². The SMILES string of the molecule is CC(C)c1ccc(NC(=O)COC(=O)Cn2nnc(-c3ccc(Cl)cc3)n2)cc1. The molecule has 1 aromatic heterocycles. The number of hydrogen-bond donors (Lipinski definition) is 1. The van der Waals surface area contributed by atoms with Gasteiger partial charge in [0.25, 0.3) is 5.91 Å². The third-order valence-electron chi connectivity index (χ3n) is 4.05. The number of ether oxygens (including phenoxy) is 1. The van der Waals surface area contributed by atoms with Crippen LogP contribution in [0.4, 0.5) is 5.69 Å². The van der Waals surface area contributed by atoms with Gasteiger partial charge < -0.3 is 10.1 Å². The molecule has 1 amide bonds. The summed E-state index contributed by atoms with van der Waals surface area (Å²) in [5, 5.41) is 15.1. The lowest BCUT2D eigenvalue weighted by molar-refractivity contribution is -0.148. The van der Waals surface area contributed by atoms with Crippen molar-refractivity contribution in [3.8, 4) is 11.4 Å². The van der Waals surface area contributed by atoms with Gasteiger partial charge in [-0.05, 0) is 53.1 Å². The molecular formula is C20H20ClN5O3. The van der Waals surface area contributed by atoms with Crippen molar-refractivity contribution in [2.24, 2.45) is 0 Å². The third kappa shape index (κ3) is 5.86. The Morgan fingerprint density at radius 2 is 1.79 bits per heavy atom. The fourth-order valence-corrected chi connectivity index (χ4v) is 2.61. The van der Waals surface area contributed by atoms with Crippen molar-refractivity contribution < 1.29 is 14.3 Å². The predicted octanol–water partition coefficient (Wildman–Crippen LogP) is 3.30. The molecule has 29 heavy (non-hydrogen) atoms. The summed E-state index contributed by atoms with van der Waals surface area (Å²) in [4.78, 5) is 25.0. The van der Waals surface area contributed by atoms with Gasteiger partial charge in [0.1, 0.15) is 0 Å². The number of halogens is 1. The number of benzene rings is 2. The van der Waals surface area contributed by atoms with Crippen LogP contribution in [0.3, 0.4) is 0 Å². The normalized spacial score (nSPS) is 10.8. The zero-order chi connectivity index (χ0) is 20.8. The van der Waals surface area contributed by atoms with Crippen LogP contribution in [0.25, 0.3) is 11.4 Å². The average molecular weight is 414 g/mol. The van der Waals surface area contributed by atoms with Gasteiger partial charge in [0, 0.05) is 16.3 Å². The molecule has 0 aliphatic rings. The quantitative estimate of drug-likeness (QED) is 0.596. The molecule has 0 saturated carbocycles. The molecule has 1 N–H and O–H groups in total. The maximum Gasteiger partial charge on any atom is 0.330 e. The van der Waals surface area contributed by atoms with E-state index in [1.807, 2.05) is 24.3 Å². The molecule has 0 saturated heterocycles. The summed E-state index contributed by atoms with van der Waals surface area (Å²) in [6.07, 6.45) is 0. The minimum atomic E-state index is -0.643. The molecule has 0 bridgehead atoms. The second kappa shape index (κ2) is 9.29. The summed E-state index contributed by atoms with van der Waals surface area (Å²) >= 11 is 5.85. The molecular weight excluding hydrogens is 394 g/mol. The van der Waals surface area contributed by atoms with Gasteiger partial charge in [0.05, 0.1) is 0 Å². The van der Waals surface area contributed by atoms with E-state index >= 15 is 0 Å². The van der Waals surface area contributed by atoms with Gasteiger partial charge in [0.2, 0.25) is 5.82 Å². The first-order chi connectivity index (χ1) is 13.9. The smallest absolute Gasteiger partial charge is 0.330 e. The maximum atomic E-state index is 12.0. The maximum absolute atomic E-state index is 12.0. The van der Waals surface area contributed by atoms with Gasteiger partial charge in [-0.2, -0.15) is 4.80 Å². The van der Waals surface area contributed by atoms with E-state index in [9.17, 15) is 9.59 Å². The standard InChI is InChI=1S/C20H20ClN5O3/c1-13(2)14-5-9-17(10-6-14)22-18(27)12-29-19(28)11-26-24-20(23-25-26)15-3-7-16(21)8-4-15/h3-10,13H,11-12H2,1-2H3,(H,22,27). The summed E-state index contributed by atoms with van der Waals surface area (Å²) in [5.41, 5.74) is 2.53. The summed E-state index contributed by atoms with van der Waals surface area (Å²) in [5.74, 6) is -0.303. The van der Waals surface area contributed by atoms with E-state index < -0.39 is 18.5 Å². The van der Waals surface area contributed by atoms with Gasteiger partial charge in [-0.25, -0.2) is 4.79 Å². The molecule has 0 spiro atoms.